The fourth-order valence-corrected chi connectivity index (χ4v) is 2.65. The van der Waals surface area contributed by atoms with E-state index in [1.807, 2.05) is 18.2 Å². The van der Waals surface area contributed by atoms with Gasteiger partial charge in [-0.25, -0.2) is 9.78 Å². The highest BCUT2D eigenvalue weighted by molar-refractivity contribution is 6.33. The number of benzene rings is 1. The third kappa shape index (κ3) is 3.46. The Morgan fingerprint density at radius 1 is 1.36 bits per heavy atom. The van der Waals surface area contributed by atoms with Crippen molar-refractivity contribution in [3.63, 3.8) is 0 Å². The van der Waals surface area contributed by atoms with Gasteiger partial charge in [0.25, 0.3) is 0 Å². The molecule has 2 N–H and O–H groups in total. The summed E-state index contributed by atoms with van der Waals surface area (Å²) in [5, 5.41) is 12.4. The fraction of sp³-hybridized carbons (Fsp3) is 0.176. The van der Waals surface area contributed by atoms with Crippen molar-refractivity contribution in [2.24, 2.45) is 0 Å². The number of carboxylic acid groups (broad SMARTS) is 1. The van der Waals surface area contributed by atoms with Gasteiger partial charge in [-0.3, -0.25) is 0 Å². The second-order valence-electron chi connectivity index (χ2n) is 5.27. The Labute approximate surface area is 133 Å². The molecule has 1 fully saturated rings. The Morgan fingerprint density at radius 3 is 2.82 bits per heavy atom. The number of anilines is 1. The summed E-state index contributed by atoms with van der Waals surface area (Å²) in [7, 11) is 0. The molecule has 0 radical (unpaired) electrons. The van der Waals surface area contributed by atoms with E-state index in [-0.39, 0.29) is 0 Å². The third-order valence-corrected chi connectivity index (χ3v) is 3.91. The predicted molar refractivity (Wildman–Crippen MR) is 87.1 cm³/mol. The number of aromatic nitrogens is 1. The van der Waals surface area contributed by atoms with Crippen molar-refractivity contribution in [2.45, 2.75) is 18.4 Å². The van der Waals surface area contributed by atoms with E-state index in [2.05, 4.69) is 22.4 Å². The molecular formula is C17H15ClN2O2. The number of halogens is 1. The Hall–Kier alpha value is -2.33. The lowest BCUT2D eigenvalue weighted by atomic mass is 10.1. The number of aliphatic carboxylic acids is 1. The number of rotatable bonds is 5. The smallest absolute Gasteiger partial charge is 0.328 e. The van der Waals surface area contributed by atoms with Gasteiger partial charge in [-0.2, -0.15) is 0 Å². The first-order valence-electron chi connectivity index (χ1n) is 7.01. The molecule has 3 rings (SSSR count). The Bertz CT molecular complexity index is 716. The summed E-state index contributed by atoms with van der Waals surface area (Å²) < 4.78 is 0. The first-order chi connectivity index (χ1) is 10.6. The van der Waals surface area contributed by atoms with E-state index in [0.717, 1.165) is 12.5 Å². The van der Waals surface area contributed by atoms with Crippen LogP contribution in [0.3, 0.4) is 0 Å². The van der Waals surface area contributed by atoms with E-state index in [1.165, 1.54) is 11.6 Å². The van der Waals surface area contributed by atoms with Crippen molar-refractivity contribution in [1.29, 1.82) is 0 Å². The van der Waals surface area contributed by atoms with Gasteiger partial charge < -0.3 is 10.4 Å². The van der Waals surface area contributed by atoms with Gasteiger partial charge in [-0.15, -0.1) is 0 Å². The topological polar surface area (TPSA) is 62.2 Å². The monoisotopic (exact) mass is 314 g/mol. The summed E-state index contributed by atoms with van der Waals surface area (Å²) in [4.78, 5) is 14.8. The van der Waals surface area contributed by atoms with Crippen LogP contribution in [-0.4, -0.2) is 22.1 Å². The van der Waals surface area contributed by atoms with E-state index in [1.54, 1.807) is 12.3 Å². The molecule has 5 heteroatoms. The third-order valence-electron chi connectivity index (χ3n) is 3.62. The van der Waals surface area contributed by atoms with E-state index < -0.39 is 5.97 Å². The summed E-state index contributed by atoms with van der Waals surface area (Å²) in [6.07, 6.45) is 5.19. The number of nitrogens with zero attached hydrogens (tertiary/aromatic N) is 1. The average Bonchev–Trinajstić information content (AvgIpc) is 3.28. The van der Waals surface area contributed by atoms with Crippen molar-refractivity contribution in [3.8, 4) is 0 Å². The van der Waals surface area contributed by atoms with E-state index in [4.69, 9.17) is 16.7 Å². The number of hydrogen-bond donors (Lipinski definition) is 2. The molecule has 0 bridgehead atoms. The minimum absolute atomic E-state index is 0.341. The fourth-order valence-electron chi connectivity index (χ4n) is 2.42. The minimum atomic E-state index is -0.998. The van der Waals surface area contributed by atoms with Gasteiger partial charge in [0.15, 0.2) is 0 Å². The van der Waals surface area contributed by atoms with Crippen LogP contribution >= 0.6 is 11.6 Å². The Balaban J connectivity index is 1.66. The van der Waals surface area contributed by atoms with Gasteiger partial charge >= 0.3 is 5.97 Å². The molecule has 112 valence electrons. The number of hydrogen-bond acceptors (Lipinski definition) is 3. The zero-order valence-electron chi connectivity index (χ0n) is 11.7. The van der Waals surface area contributed by atoms with Crippen LogP contribution in [0.2, 0.25) is 5.02 Å². The van der Waals surface area contributed by atoms with Gasteiger partial charge in [0, 0.05) is 24.2 Å². The van der Waals surface area contributed by atoms with Crippen LogP contribution in [0.15, 0.2) is 48.7 Å². The van der Waals surface area contributed by atoms with Crippen LogP contribution in [0, 0.1) is 0 Å². The molecular weight excluding hydrogens is 300 g/mol. The zero-order chi connectivity index (χ0) is 15.5. The highest BCUT2D eigenvalue weighted by Gasteiger charge is 2.38. The van der Waals surface area contributed by atoms with Crippen LogP contribution in [0.5, 0.6) is 0 Å². The first-order valence-corrected chi connectivity index (χ1v) is 7.39. The molecule has 1 aliphatic rings. The van der Waals surface area contributed by atoms with E-state index in [9.17, 15) is 4.79 Å². The van der Waals surface area contributed by atoms with Crippen LogP contribution in [0.1, 0.15) is 23.5 Å². The molecule has 0 aliphatic heterocycles. The summed E-state index contributed by atoms with van der Waals surface area (Å²) in [6, 6.07) is 12.4. The number of carbonyl (C=O) groups is 1. The predicted octanol–water partition coefficient (Wildman–Crippen LogP) is 3.80. The SMILES string of the molecule is O=C(O)C=Cc1cnc(N[C@H]2C[C@@H]2c2ccccc2)c(Cl)c1. The van der Waals surface area contributed by atoms with Crippen molar-refractivity contribution in [3.05, 3.63) is 64.8 Å². The maximum absolute atomic E-state index is 10.5. The second kappa shape index (κ2) is 6.20. The number of carboxylic acids is 1. The molecule has 0 saturated heterocycles. The molecule has 4 nitrogen and oxygen atoms in total. The second-order valence-corrected chi connectivity index (χ2v) is 5.68. The summed E-state index contributed by atoms with van der Waals surface area (Å²) >= 11 is 6.20. The lowest BCUT2D eigenvalue weighted by Crippen LogP contribution is -2.06. The van der Waals surface area contributed by atoms with Gasteiger partial charge in [0.2, 0.25) is 0 Å². The molecule has 2 atom stereocenters. The zero-order valence-corrected chi connectivity index (χ0v) is 12.5. The van der Waals surface area contributed by atoms with Crippen molar-refractivity contribution in [2.75, 3.05) is 5.32 Å². The maximum atomic E-state index is 10.5. The maximum Gasteiger partial charge on any atom is 0.328 e. The Kier molecular flexibility index (Phi) is 4.11. The number of nitrogens with one attached hydrogen (secondary N) is 1. The standard InChI is InChI=1S/C17H15ClN2O2/c18-14-8-11(6-7-16(21)22)10-19-17(14)20-15-9-13(15)12-4-2-1-3-5-12/h1-8,10,13,15H,9H2,(H,19,20)(H,21,22)/t13-,15+/m1/s1. The van der Waals surface area contributed by atoms with Gasteiger partial charge in [0.05, 0.1) is 5.02 Å². The average molecular weight is 315 g/mol. The molecule has 1 saturated carbocycles. The Morgan fingerprint density at radius 2 is 2.14 bits per heavy atom. The lowest BCUT2D eigenvalue weighted by Gasteiger charge is -2.08. The minimum Gasteiger partial charge on any atom is -0.478 e. The molecule has 1 aliphatic carbocycles. The van der Waals surface area contributed by atoms with Crippen molar-refractivity contribution in [1.82, 2.24) is 4.98 Å². The van der Waals surface area contributed by atoms with Crippen LogP contribution in [0.4, 0.5) is 5.82 Å². The summed E-state index contributed by atoms with van der Waals surface area (Å²) in [5.41, 5.74) is 1.98. The van der Waals surface area contributed by atoms with Crippen LogP contribution in [0.25, 0.3) is 6.08 Å². The highest BCUT2D eigenvalue weighted by atomic mass is 35.5. The quantitative estimate of drug-likeness (QED) is 0.824. The molecule has 0 spiro atoms. The largest absolute Gasteiger partial charge is 0.478 e. The van der Waals surface area contributed by atoms with Crippen LogP contribution in [-0.2, 0) is 4.79 Å². The van der Waals surface area contributed by atoms with Crippen LogP contribution < -0.4 is 5.32 Å². The highest BCUT2D eigenvalue weighted by Crippen LogP contribution is 2.43. The van der Waals surface area contributed by atoms with E-state index in [0.29, 0.717) is 28.4 Å². The summed E-state index contributed by atoms with van der Waals surface area (Å²) in [5.74, 6) is 0.130. The van der Waals surface area contributed by atoms with Gasteiger partial charge in [0.1, 0.15) is 5.82 Å². The summed E-state index contributed by atoms with van der Waals surface area (Å²) in [6.45, 7) is 0. The normalized spacial score (nSPS) is 20.0. The molecule has 1 aromatic heterocycles. The van der Waals surface area contributed by atoms with E-state index >= 15 is 0 Å². The number of pyridine rings is 1. The van der Waals surface area contributed by atoms with Gasteiger partial charge in [-0.1, -0.05) is 41.9 Å². The molecule has 1 aromatic carbocycles. The van der Waals surface area contributed by atoms with Gasteiger partial charge in [-0.05, 0) is 29.7 Å². The lowest BCUT2D eigenvalue weighted by molar-refractivity contribution is -0.131. The molecule has 2 aromatic rings. The molecule has 22 heavy (non-hydrogen) atoms. The first kappa shape index (κ1) is 14.6. The molecule has 1 heterocycles. The van der Waals surface area contributed by atoms with Crippen molar-refractivity contribution >= 4 is 29.5 Å². The molecule has 0 unspecified atom stereocenters. The van der Waals surface area contributed by atoms with Crippen molar-refractivity contribution < 1.29 is 9.90 Å². The molecule has 0 amide bonds.